The Morgan fingerprint density at radius 2 is 2.00 bits per heavy atom. The van der Waals surface area contributed by atoms with Crippen molar-refractivity contribution in [3.8, 4) is 5.75 Å². The summed E-state index contributed by atoms with van der Waals surface area (Å²) in [7, 11) is 0. The summed E-state index contributed by atoms with van der Waals surface area (Å²) in [5.74, 6) is 0.0680. The average molecular weight is 345 g/mol. The first-order chi connectivity index (χ1) is 7.29. The Kier molecular flexibility index (Phi) is 6.25. The molecule has 0 spiro atoms. The summed E-state index contributed by atoms with van der Waals surface area (Å²) in [4.78, 5) is 0. The van der Waals surface area contributed by atoms with Gasteiger partial charge in [0.15, 0.2) is 0 Å². The minimum atomic E-state index is -0.526. The normalized spacial score (nSPS) is 13.1. The third kappa shape index (κ3) is 3.73. The van der Waals surface area contributed by atoms with Crippen LogP contribution in [0.15, 0.2) is 16.6 Å². The van der Waals surface area contributed by atoms with Gasteiger partial charge in [-0.25, -0.2) is 0 Å². The third-order valence-electron chi connectivity index (χ3n) is 2.64. The SMILES string of the molecule is CC(C)(CO)[C@@H](N)c1cc(Cl)cc(Br)c1O.Cl. The number of benzene rings is 1. The smallest absolute Gasteiger partial charge is 0.134 e. The number of nitrogens with two attached hydrogens (primary N) is 1. The summed E-state index contributed by atoms with van der Waals surface area (Å²) in [6.45, 7) is 3.58. The minimum absolute atomic E-state index is 0. The number of aliphatic hydroxyl groups is 1. The van der Waals surface area contributed by atoms with Gasteiger partial charge in [-0.1, -0.05) is 25.4 Å². The number of rotatable bonds is 3. The topological polar surface area (TPSA) is 66.5 Å². The van der Waals surface area contributed by atoms with E-state index in [-0.39, 0.29) is 24.8 Å². The molecular weight excluding hydrogens is 329 g/mol. The number of aromatic hydroxyl groups is 1. The fraction of sp³-hybridized carbons (Fsp3) is 0.455. The molecule has 0 radical (unpaired) electrons. The molecule has 1 atom stereocenters. The summed E-state index contributed by atoms with van der Waals surface area (Å²) in [5, 5.41) is 19.6. The molecule has 3 nitrogen and oxygen atoms in total. The molecule has 0 saturated carbocycles. The zero-order valence-corrected chi connectivity index (χ0v) is 12.7. The van der Waals surface area contributed by atoms with Crippen LogP contribution in [0, 0.1) is 5.41 Å². The molecule has 0 aliphatic heterocycles. The molecular formula is C11H16BrCl2NO2. The lowest BCUT2D eigenvalue weighted by atomic mass is 9.81. The van der Waals surface area contributed by atoms with Gasteiger partial charge in [0, 0.05) is 28.6 Å². The molecule has 0 aromatic heterocycles. The van der Waals surface area contributed by atoms with Gasteiger partial charge < -0.3 is 15.9 Å². The molecule has 0 fully saturated rings. The molecule has 6 heteroatoms. The van der Waals surface area contributed by atoms with Crippen LogP contribution >= 0.6 is 39.9 Å². The zero-order chi connectivity index (χ0) is 12.5. The Morgan fingerprint density at radius 3 is 2.47 bits per heavy atom. The van der Waals surface area contributed by atoms with Crippen molar-refractivity contribution in [2.24, 2.45) is 11.1 Å². The van der Waals surface area contributed by atoms with Crippen LogP contribution in [0.25, 0.3) is 0 Å². The van der Waals surface area contributed by atoms with Crippen molar-refractivity contribution in [1.29, 1.82) is 0 Å². The molecule has 0 aliphatic carbocycles. The molecule has 1 aromatic rings. The van der Waals surface area contributed by atoms with E-state index in [2.05, 4.69) is 15.9 Å². The summed E-state index contributed by atoms with van der Waals surface area (Å²) >= 11 is 9.10. The number of phenolic OH excluding ortho intramolecular Hbond substituents is 1. The summed E-state index contributed by atoms with van der Waals surface area (Å²) in [6.07, 6.45) is 0. The monoisotopic (exact) mass is 343 g/mol. The molecule has 0 amide bonds. The Hall–Kier alpha value is -0.000000000000000111. The first-order valence-electron chi connectivity index (χ1n) is 4.84. The predicted molar refractivity (Wildman–Crippen MR) is 75.9 cm³/mol. The Morgan fingerprint density at radius 1 is 1.47 bits per heavy atom. The second kappa shape index (κ2) is 6.25. The maximum absolute atomic E-state index is 9.88. The van der Waals surface area contributed by atoms with Gasteiger partial charge in [0.25, 0.3) is 0 Å². The zero-order valence-electron chi connectivity index (χ0n) is 9.58. The Balaban J connectivity index is 0.00000256. The van der Waals surface area contributed by atoms with Crippen molar-refractivity contribution >= 4 is 39.9 Å². The van der Waals surface area contributed by atoms with E-state index >= 15 is 0 Å². The Bertz CT molecular complexity index is 399. The second-order valence-corrected chi connectivity index (χ2v) is 5.74. The van der Waals surface area contributed by atoms with Crippen molar-refractivity contribution < 1.29 is 10.2 Å². The summed E-state index contributed by atoms with van der Waals surface area (Å²) in [5.41, 5.74) is 6.02. The van der Waals surface area contributed by atoms with Crippen molar-refractivity contribution in [2.45, 2.75) is 19.9 Å². The van der Waals surface area contributed by atoms with Crippen molar-refractivity contribution in [2.75, 3.05) is 6.61 Å². The van der Waals surface area contributed by atoms with Crippen LogP contribution in [-0.2, 0) is 0 Å². The van der Waals surface area contributed by atoms with Crippen LogP contribution in [0.3, 0.4) is 0 Å². The molecule has 0 saturated heterocycles. The number of aliphatic hydroxyl groups excluding tert-OH is 1. The lowest BCUT2D eigenvalue weighted by molar-refractivity contribution is 0.131. The maximum Gasteiger partial charge on any atom is 0.134 e. The number of phenols is 1. The first-order valence-corrected chi connectivity index (χ1v) is 6.01. The molecule has 0 aliphatic rings. The van der Waals surface area contributed by atoms with E-state index < -0.39 is 11.5 Å². The van der Waals surface area contributed by atoms with Crippen LogP contribution in [0.2, 0.25) is 5.02 Å². The lowest BCUT2D eigenvalue weighted by Crippen LogP contribution is -2.32. The number of halogens is 3. The van der Waals surface area contributed by atoms with Gasteiger partial charge in [0.05, 0.1) is 4.47 Å². The quantitative estimate of drug-likeness (QED) is 0.788. The van der Waals surface area contributed by atoms with Crippen LogP contribution in [0.4, 0.5) is 0 Å². The minimum Gasteiger partial charge on any atom is -0.506 e. The number of hydrogen-bond acceptors (Lipinski definition) is 3. The molecule has 0 bridgehead atoms. The first kappa shape index (κ1) is 17.0. The molecule has 4 N–H and O–H groups in total. The van der Waals surface area contributed by atoms with Gasteiger partial charge in [0.2, 0.25) is 0 Å². The maximum atomic E-state index is 9.88. The third-order valence-corrected chi connectivity index (χ3v) is 3.46. The van der Waals surface area contributed by atoms with Gasteiger partial charge in [-0.15, -0.1) is 12.4 Å². The van der Waals surface area contributed by atoms with E-state index in [4.69, 9.17) is 17.3 Å². The van der Waals surface area contributed by atoms with Gasteiger partial charge in [-0.3, -0.25) is 0 Å². The average Bonchev–Trinajstić information content (AvgIpc) is 2.22. The van der Waals surface area contributed by atoms with E-state index in [1.165, 1.54) is 0 Å². The van der Waals surface area contributed by atoms with Crippen molar-refractivity contribution in [3.05, 3.63) is 27.2 Å². The van der Waals surface area contributed by atoms with E-state index in [0.717, 1.165) is 0 Å². The van der Waals surface area contributed by atoms with Crippen LogP contribution in [-0.4, -0.2) is 16.8 Å². The van der Waals surface area contributed by atoms with E-state index in [9.17, 15) is 10.2 Å². The standard InChI is InChI=1S/C11H15BrClNO2.ClH/c1-11(2,5-15)10(14)7-3-6(13)4-8(12)9(7)16;/h3-4,10,15-16H,5,14H2,1-2H3;1H/t10-;/m0./s1. The molecule has 1 aromatic carbocycles. The van der Waals surface area contributed by atoms with Crippen LogP contribution < -0.4 is 5.73 Å². The molecule has 98 valence electrons. The molecule has 1 rings (SSSR count). The molecule has 17 heavy (non-hydrogen) atoms. The fourth-order valence-corrected chi connectivity index (χ4v) is 2.18. The van der Waals surface area contributed by atoms with E-state index in [1.54, 1.807) is 12.1 Å². The largest absolute Gasteiger partial charge is 0.506 e. The van der Waals surface area contributed by atoms with Crippen molar-refractivity contribution in [3.63, 3.8) is 0 Å². The van der Waals surface area contributed by atoms with Crippen molar-refractivity contribution in [1.82, 2.24) is 0 Å². The highest BCUT2D eigenvalue weighted by molar-refractivity contribution is 9.10. The van der Waals surface area contributed by atoms with Gasteiger partial charge in [-0.2, -0.15) is 0 Å². The van der Waals surface area contributed by atoms with E-state index in [0.29, 0.717) is 15.1 Å². The second-order valence-electron chi connectivity index (χ2n) is 4.45. The lowest BCUT2D eigenvalue weighted by Gasteiger charge is -2.30. The molecule has 0 unspecified atom stereocenters. The van der Waals surface area contributed by atoms with E-state index in [1.807, 2.05) is 13.8 Å². The fourth-order valence-electron chi connectivity index (χ4n) is 1.34. The highest BCUT2D eigenvalue weighted by atomic mass is 79.9. The van der Waals surface area contributed by atoms with Gasteiger partial charge >= 0.3 is 0 Å². The van der Waals surface area contributed by atoms with Gasteiger partial charge in [0.1, 0.15) is 5.75 Å². The number of hydrogen-bond donors (Lipinski definition) is 3. The van der Waals surface area contributed by atoms with Gasteiger partial charge in [-0.05, 0) is 28.1 Å². The highest BCUT2D eigenvalue weighted by Crippen LogP contribution is 2.40. The van der Waals surface area contributed by atoms with Crippen LogP contribution in [0.1, 0.15) is 25.5 Å². The summed E-state index contributed by atoms with van der Waals surface area (Å²) in [6, 6.07) is 2.72. The predicted octanol–water partition coefficient (Wildman–Crippen LogP) is 3.25. The molecule has 0 heterocycles. The Labute approximate surface area is 121 Å². The summed E-state index contributed by atoms with van der Waals surface area (Å²) < 4.78 is 0.499. The highest BCUT2D eigenvalue weighted by Gasteiger charge is 2.29. The van der Waals surface area contributed by atoms with Crippen LogP contribution in [0.5, 0.6) is 5.75 Å².